The van der Waals surface area contributed by atoms with Gasteiger partial charge in [0.05, 0.1) is 10.6 Å². The molecule has 0 unspecified atom stereocenters. The first-order chi connectivity index (χ1) is 10.0. The van der Waals surface area contributed by atoms with E-state index in [1.165, 1.54) is 18.3 Å². The van der Waals surface area contributed by atoms with E-state index in [2.05, 4.69) is 21.5 Å². The maximum absolute atomic E-state index is 12.3. The molecule has 0 spiro atoms. The predicted molar refractivity (Wildman–Crippen MR) is 80.2 cm³/mol. The maximum Gasteiger partial charge on any atom is 0.261 e. The molecule has 1 aromatic carbocycles. The number of aromatic nitrogens is 1. The van der Waals surface area contributed by atoms with Gasteiger partial charge in [0.2, 0.25) is 0 Å². The van der Waals surface area contributed by atoms with Crippen molar-refractivity contribution in [1.29, 1.82) is 0 Å². The number of nitrogens with one attached hydrogen (secondary N) is 1. The van der Waals surface area contributed by atoms with Crippen molar-refractivity contribution in [3.05, 3.63) is 53.9 Å². The van der Waals surface area contributed by atoms with Crippen molar-refractivity contribution in [2.24, 2.45) is 0 Å². The number of aliphatic hydroxyl groups excluding tert-OH is 1. The molecule has 2 aromatic rings. The second kappa shape index (κ2) is 6.39. The van der Waals surface area contributed by atoms with E-state index in [0.29, 0.717) is 11.3 Å². The van der Waals surface area contributed by atoms with Gasteiger partial charge in [0, 0.05) is 17.5 Å². The average molecular weight is 302 g/mol. The number of pyridine rings is 1. The molecule has 0 amide bonds. The summed E-state index contributed by atoms with van der Waals surface area (Å²) in [4.78, 5) is 4.13. The van der Waals surface area contributed by atoms with Gasteiger partial charge in [-0.3, -0.25) is 9.71 Å². The summed E-state index contributed by atoms with van der Waals surface area (Å²) in [5.74, 6) is 5.16. The highest BCUT2D eigenvalue weighted by Gasteiger charge is 2.14. The quantitative estimate of drug-likeness (QED) is 0.843. The monoisotopic (exact) mass is 302 g/mol. The number of anilines is 1. The third kappa shape index (κ3) is 4.05. The van der Waals surface area contributed by atoms with E-state index >= 15 is 0 Å². The second-order valence-corrected chi connectivity index (χ2v) is 5.96. The van der Waals surface area contributed by atoms with Crippen LogP contribution in [0, 0.1) is 18.8 Å². The first-order valence-corrected chi connectivity index (χ1v) is 7.65. The molecule has 0 atom stereocenters. The van der Waals surface area contributed by atoms with Crippen LogP contribution in [0.15, 0.2) is 47.5 Å². The van der Waals surface area contributed by atoms with Crippen LogP contribution in [0.5, 0.6) is 0 Å². The Balaban J connectivity index is 2.31. The number of hydrogen-bond donors (Lipinski definition) is 2. The molecule has 0 bridgehead atoms. The predicted octanol–water partition coefficient (Wildman–Crippen LogP) is 1.53. The van der Waals surface area contributed by atoms with Crippen LogP contribution in [0.1, 0.15) is 11.3 Å². The molecule has 2 N–H and O–H groups in total. The summed E-state index contributed by atoms with van der Waals surface area (Å²) in [6.07, 6.45) is 1.54. The first-order valence-electron chi connectivity index (χ1n) is 6.16. The Kier molecular flexibility index (Phi) is 4.58. The Morgan fingerprint density at radius 1 is 1.29 bits per heavy atom. The third-order valence-electron chi connectivity index (χ3n) is 2.60. The Labute approximate surface area is 123 Å². The topological polar surface area (TPSA) is 79.3 Å². The van der Waals surface area contributed by atoms with Crippen LogP contribution in [0.3, 0.4) is 0 Å². The lowest BCUT2D eigenvalue weighted by atomic mass is 10.2. The van der Waals surface area contributed by atoms with Crippen LogP contribution >= 0.6 is 0 Å². The van der Waals surface area contributed by atoms with Crippen LogP contribution in [0.4, 0.5) is 5.69 Å². The van der Waals surface area contributed by atoms with Crippen molar-refractivity contribution >= 4 is 15.7 Å². The van der Waals surface area contributed by atoms with Gasteiger partial charge in [-0.05, 0) is 37.3 Å². The number of aliphatic hydroxyl groups is 1. The van der Waals surface area contributed by atoms with E-state index in [0.717, 1.165) is 5.69 Å². The van der Waals surface area contributed by atoms with Crippen LogP contribution < -0.4 is 4.72 Å². The van der Waals surface area contributed by atoms with Gasteiger partial charge in [-0.1, -0.05) is 17.9 Å². The lowest BCUT2D eigenvalue weighted by molar-refractivity contribution is 0.350. The van der Waals surface area contributed by atoms with E-state index in [1.54, 1.807) is 31.2 Å². The highest BCUT2D eigenvalue weighted by Crippen LogP contribution is 2.17. The maximum atomic E-state index is 12.3. The fourth-order valence-electron chi connectivity index (χ4n) is 1.71. The Bertz CT molecular complexity index is 805. The average Bonchev–Trinajstić information content (AvgIpc) is 2.45. The highest BCUT2D eigenvalue weighted by molar-refractivity contribution is 7.92. The molecule has 0 aliphatic rings. The number of hydrogen-bond acceptors (Lipinski definition) is 4. The largest absolute Gasteiger partial charge is 0.384 e. The lowest BCUT2D eigenvalue weighted by Gasteiger charge is -2.08. The van der Waals surface area contributed by atoms with Gasteiger partial charge >= 0.3 is 0 Å². The Morgan fingerprint density at radius 2 is 2.10 bits per heavy atom. The third-order valence-corrected chi connectivity index (χ3v) is 3.98. The molecule has 0 aliphatic carbocycles. The fraction of sp³-hybridized carbons (Fsp3) is 0.133. The summed E-state index contributed by atoms with van der Waals surface area (Å²) >= 11 is 0. The molecule has 21 heavy (non-hydrogen) atoms. The minimum Gasteiger partial charge on any atom is -0.384 e. The summed E-state index contributed by atoms with van der Waals surface area (Å²) in [7, 11) is -3.69. The molecule has 0 saturated carbocycles. The van der Waals surface area contributed by atoms with Crippen molar-refractivity contribution in [3.8, 4) is 11.8 Å². The van der Waals surface area contributed by atoms with E-state index in [9.17, 15) is 8.42 Å². The van der Waals surface area contributed by atoms with E-state index in [-0.39, 0.29) is 11.5 Å². The molecular formula is C15H14N2O3S. The second-order valence-electron chi connectivity index (χ2n) is 4.28. The van der Waals surface area contributed by atoms with Crippen molar-refractivity contribution in [3.63, 3.8) is 0 Å². The molecule has 0 radical (unpaired) electrons. The van der Waals surface area contributed by atoms with E-state index < -0.39 is 10.0 Å². The SMILES string of the molecule is Cc1cc(NS(=O)(=O)c2cccc(C#CCO)c2)ccn1. The molecule has 0 saturated heterocycles. The minimum absolute atomic E-state index is 0.113. The summed E-state index contributed by atoms with van der Waals surface area (Å²) in [5.41, 5.74) is 1.70. The molecule has 1 aromatic heterocycles. The normalized spacial score (nSPS) is 10.6. The highest BCUT2D eigenvalue weighted by atomic mass is 32.2. The van der Waals surface area contributed by atoms with Crippen LogP contribution in [0.25, 0.3) is 0 Å². The number of aryl methyl sites for hydroxylation is 1. The summed E-state index contributed by atoms with van der Waals surface area (Å²) in [5, 5.41) is 8.67. The van der Waals surface area contributed by atoms with Crippen molar-refractivity contribution in [2.45, 2.75) is 11.8 Å². The number of rotatable bonds is 3. The molecule has 0 aliphatic heterocycles. The number of nitrogens with zero attached hydrogens (tertiary/aromatic N) is 1. The zero-order valence-electron chi connectivity index (χ0n) is 11.4. The molecule has 2 rings (SSSR count). The Morgan fingerprint density at radius 3 is 2.81 bits per heavy atom. The number of sulfonamides is 1. The fourth-order valence-corrected chi connectivity index (χ4v) is 2.80. The zero-order chi connectivity index (χ0) is 15.3. The zero-order valence-corrected chi connectivity index (χ0v) is 12.2. The van der Waals surface area contributed by atoms with Crippen LogP contribution in [0.2, 0.25) is 0 Å². The van der Waals surface area contributed by atoms with Gasteiger partial charge in [0.15, 0.2) is 0 Å². The minimum atomic E-state index is -3.69. The first kappa shape index (κ1) is 15.0. The van der Waals surface area contributed by atoms with Crippen molar-refractivity contribution in [1.82, 2.24) is 4.98 Å². The van der Waals surface area contributed by atoms with Gasteiger partial charge in [-0.25, -0.2) is 8.42 Å². The molecule has 5 nitrogen and oxygen atoms in total. The van der Waals surface area contributed by atoms with Gasteiger partial charge in [0.1, 0.15) is 6.61 Å². The standard InChI is InChI=1S/C15H14N2O3S/c1-12-10-14(7-8-16-12)17-21(19,20)15-6-2-4-13(11-15)5-3-9-18/h2,4,6-8,10-11,18H,9H2,1H3,(H,16,17). The van der Waals surface area contributed by atoms with Gasteiger partial charge in [-0.15, -0.1) is 0 Å². The summed E-state index contributed by atoms with van der Waals surface area (Å²) in [6.45, 7) is 1.51. The van der Waals surface area contributed by atoms with Crippen molar-refractivity contribution in [2.75, 3.05) is 11.3 Å². The van der Waals surface area contributed by atoms with E-state index in [1.807, 2.05) is 0 Å². The van der Waals surface area contributed by atoms with Crippen LogP contribution in [-0.2, 0) is 10.0 Å². The number of benzene rings is 1. The molecule has 0 fully saturated rings. The molecule has 1 heterocycles. The van der Waals surface area contributed by atoms with Gasteiger partial charge in [-0.2, -0.15) is 0 Å². The lowest BCUT2D eigenvalue weighted by Crippen LogP contribution is -2.13. The van der Waals surface area contributed by atoms with Crippen molar-refractivity contribution < 1.29 is 13.5 Å². The van der Waals surface area contributed by atoms with Gasteiger partial charge < -0.3 is 5.11 Å². The summed E-state index contributed by atoms with van der Waals surface area (Å²) in [6, 6.07) is 9.46. The summed E-state index contributed by atoms with van der Waals surface area (Å²) < 4.78 is 27.1. The smallest absolute Gasteiger partial charge is 0.261 e. The van der Waals surface area contributed by atoms with Gasteiger partial charge in [0.25, 0.3) is 10.0 Å². The molecular weight excluding hydrogens is 288 g/mol. The van der Waals surface area contributed by atoms with E-state index in [4.69, 9.17) is 5.11 Å². The van der Waals surface area contributed by atoms with Crippen LogP contribution in [-0.4, -0.2) is 25.1 Å². The molecule has 6 heteroatoms. The Hall–Kier alpha value is -2.36. The molecule has 108 valence electrons.